The largest absolute Gasteiger partial charge is 0.106 e. The monoisotopic (exact) mass is 324 g/mol. The molecule has 0 spiro atoms. The number of benzene rings is 2. The van der Waals surface area contributed by atoms with Gasteiger partial charge in [-0.3, -0.25) is 0 Å². The Labute approximate surface area is 151 Å². The van der Waals surface area contributed by atoms with E-state index in [-0.39, 0.29) is 0 Å². The third kappa shape index (κ3) is 7.46. The molecule has 0 aliphatic heterocycles. The predicted octanol–water partition coefficient (Wildman–Crippen LogP) is 7.78. The van der Waals surface area contributed by atoms with E-state index in [1.165, 1.54) is 27.8 Å². The van der Waals surface area contributed by atoms with Crippen LogP contribution in [0.1, 0.15) is 62.4 Å². The molecule has 0 bridgehead atoms. The lowest BCUT2D eigenvalue weighted by Gasteiger charge is -2.13. The molecule has 0 unspecified atom stereocenters. The van der Waals surface area contributed by atoms with Crippen molar-refractivity contribution in [2.75, 3.05) is 0 Å². The maximum Gasteiger partial charge on any atom is -0.0149 e. The Morgan fingerprint density at radius 2 is 1.38 bits per heavy atom. The van der Waals surface area contributed by atoms with Crippen molar-refractivity contribution in [3.63, 3.8) is 0 Å². The zero-order valence-corrected chi connectivity index (χ0v) is 16.9. The van der Waals surface area contributed by atoms with Crippen LogP contribution in [0, 0.1) is 13.8 Å². The molecule has 2 aromatic rings. The summed E-state index contributed by atoms with van der Waals surface area (Å²) < 4.78 is 0. The molecule has 2 aromatic carbocycles. The molecule has 0 aromatic heterocycles. The van der Waals surface area contributed by atoms with Gasteiger partial charge in [0, 0.05) is 0 Å². The van der Waals surface area contributed by atoms with Crippen LogP contribution in [-0.2, 0) is 6.42 Å². The third-order valence-electron chi connectivity index (χ3n) is 3.34. The molecule has 0 amide bonds. The zero-order chi connectivity index (χ0) is 19.1. The average Bonchev–Trinajstić information content (AvgIpc) is 2.66. The lowest BCUT2D eigenvalue weighted by atomic mass is 9.92. The summed E-state index contributed by atoms with van der Waals surface area (Å²) in [7, 11) is 0. The molecule has 0 fully saturated rings. The highest BCUT2D eigenvalue weighted by Crippen LogP contribution is 2.26. The summed E-state index contributed by atoms with van der Waals surface area (Å²) in [5.41, 5.74) is 7.56. The SMILES string of the molecule is C=C.C=C(c1cccc(C)c1)c1cc(C)ccc1CC.CC.CC. The standard InChI is InChI=1S/C18H20.2C2H6.C2H4/c1-5-16-10-9-14(3)12-18(16)15(4)17-8-6-7-13(2)11-17;3*1-2/h6-12H,4-5H2,1-3H3;2*1-2H3;1-2H2. The highest BCUT2D eigenvalue weighted by molar-refractivity contribution is 5.80. The van der Waals surface area contributed by atoms with E-state index in [0.29, 0.717) is 0 Å². The first-order valence-electron chi connectivity index (χ1n) is 8.97. The number of rotatable bonds is 3. The smallest absolute Gasteiger partial charge is 0.0149 e. The summed E-state index contributed by atoms with van der Waals surface area (Å²) in [6, 6.07) is 15.2. The van der Waals surface area contributed by atoms with Gasteiger partial charge in [0.2, 0.25) is 0 Å². The fraction of sp³-hybridized carbons (Fsp3) is 0.333. The molecule has 0 N–H and O–H groups in total. The van der Waals surface area contributed by atoms with Crippen LogP contribution < -0.4 is 0 Å². The highest BCUT2D eigenvalue weighted by atomic mass is 14.1. The molecular weight excluding hydrogens is 288 g/mol. The van der Waals surface area contributed by atoms with E-state index >= 15 is 0 Å². The van der Waals surface area contributed by atoms with Crippen LogP contribution in [0.2, 0.25) is 0 Å². The van der Waals surface area contributed by atoms with Gasteiger partial charge in [0.25, 0.3) is 0 Å². The van der Waals surface area contributed by atoms with E-state index in [1.807, 2.05) is 27.7 Å². The van der Waals surface area contributed by atoms with Crippen LogP contribution in [0.4, 0.5) is 0 Å². The van der Waals surface area contributed by atoms with Gasteiger partial charge in [-0.05, 0) is 42.5 Å². The van der Waals surface area contributed by atoms with Crippen LogP contribution in [0.5, 0.6) is 0 Å². The molecule has 0 atom stereocenters. The maximum atomic E-state index is 4.29. The van der Waals surface area contributed by atoms with Crippen molar-refractivity contribution in [2.45, 2.75) is 54.9 Å². The van der Waals surface area contributed by atoms with Crippen LogP contribution >= 0.6 is 0 Å². The van der Waals surface area contributed by atoms with E-state index in [2.05, 4.69) is 83.0 Å². The molecule has 0 aliphatic rings. The molecule has 2 rings (SSSR count). The maximum absolute atomic E-state index is 4.29. The molecule has 0 heterocycles. The van der Waals surface area contributed by atoms with Crippen LogP contribution in [0.25, 0.3) is 5.57 Å². The number of aryl methyl sites for hydroxylation is 3. The summed E-state index contributed by atoms with van der Waals surface area (Å²) in [4.78, 5) is 0. The molecule has 132 valence electrons. The lowest BCUT2D eigenvalue weighted by Crippen LogP contribution is -1.94. The van der Waals surface area contributed by atoms with E-state index in [1.54, 1.807) is 0 Å². The van der Waals surface area contributed by atoms with Crippen molar-refractivity contribution in [1.29, 1.82) is 0 Å². The molecule has 0 heteroatoms. The van der Waals surface area contributed by atoms with Crippen molar-refractivity contribution in [3.05, 3.63) is 90.0 Å². The predicted molar refractivity (Wildman–Crippen MR) is 114 cm³/mol. The second-order valence-electron chi connectivity index (χ2n) is 4.86. The van der Waals surface area contributed by atoms with Gasteiger partial charge in [-0.2, -0.15) is 0 Å². The Hall–Kier alpha value is -2.08. The van der Waals surface area contributed by atoms with Crippen molar-refractivity contribution in [3.8, 4) is 0 Å². The molecule has 0 aliphatic carbocycles. The molecule has 24 heavy (non-hydrogen) atoms. The lowest BCUT2D eigenvalue weighted by molar-refractivity contribution is 1.12. The molecular formula is C24H36. The topological polar surface area (TPSA) is 0 Å². The van der Waals surface area contributed by atoms with Gasteiger partial charge < -0.3 is 0 Å². The fourth-order valence-corrected chi connectivity index (χ4v) is 2.27. The van der Waals surface area contributed by atoms with E-state index in [0.717, 1.165) is 12.0 Å². The first-order valence-corrected chi connectivity index (χ1v) is 8.97. The van der Waals surface area contributed by atoms with Gasteiger partial charge in [0.1, 0.15) is 0 Å². The molecule has 0 saturated heterocycles. The quantitative estimate of drug-likeness (QED) is 0.505. The van der Waals surface area contributed by atoms with Crippen molar-refractivity contribution < 1.29 is 0 Å². The first-order chi connectivity index (χ1) is 11.6. The summed E-state index contributed by atoms with van der Waals surface area (Å²) in [5.74, 6) is 0. The second-order valence-corrected chi connectivity index (χ2v) is 4.86. The van der Waals surface area contributed by atoms with Crippen molar-refractivity contribution in [2.24, 2.45) is 0 Å². The molecule has 0 radical (unpaired) electrons. The summed E-state index contributed by atoms with van der Waals surface area (Å²) >= 11 is 0. The molecule has 0 nitrogen and oxygen atoms in total. The van der Waals surface area contributed by atoms with Gasteiger partial charge in [-0.1, -0.05) is 94.8 Å². The normalized spacial score (nSPS) is 8.46. The van der Waals surface area contributed by atoms with Gasteiger partial charge >= 0.3 is 0 Å². The first kappa shape index (κ1) is 24.2. The number of hydrogen-bond acceptors (Lipinski definition) is 0. The summed E-state index contributed by atoms with van der Waals surface area (Å²) in [5, 5.41) is 0. The average molecular weight is 325 g/mol. The third-order valence-corrected chi connectivity index (χ3v) is 3.34. The fourth-order valence-electron chi connectivity index (χ4n) is 2.27. The van der Waals surface area contributed by atoms with Gasteiger partial charge in [0.15, 0.2) is 0 Å². The van der Waals surface area contributed by atoms with E-state index < -0.39 is 0 Å². The van der Waals surface area contributed by atoms with E-state index in [9.17, 15) is 0 Å². The Morgan fingerprint density at radius 1 is 0.833 bits per heavy atom. The van der Waals surface area contributed by atoms with Gasteiger partial charge in [0.05, 0.1) is 0 Å². The van der Waals surface area contributed by atoms with E-state index in [4.69, 9.17) is 0 Å². The Morgan fingerprint density at radius 3 is 1.88 bits per heavy atom. The van der Waals surface area contributed by atoms with Crippen LogP contribution in [0.15, 0.2) is 62.2 Å². The van der Waals surface area contributed by atoms with Crippen molar-refractivity contribution >= 4 is 5.57 Å². The summed E-state index contributed by atoms with van der Waals surface area (Å²) in [6.07, 6.45) is 1.04. The summed E-state index contributed by atoms with van der Waals surface area (Å²) in [6.45, 7) is 24.7. The van der Waals surface area contributed by atoms with Crippen LogP contribution in [-0.4, -0.2) is 0 Å². The Kier molecular flexibility index (Phi) is 14.6. The Bertz CT molecular complexity index is 591. The molecule has 0 saturated carbocycles. The van der Waals surface area contributed by atoms with Gasteiger partial charge in [-0.25, -0.2) is 0 Å². The number of hydrogen-bond donors (Lipinski definition) is 0. The Balaban J connectivity index is 0. The van der Waals surface area contributed by atoms with Crippen LogP contribution in [0.3, 0.4) is 0 Å². The highest BCUT2D eigenvalue weighted by Gasteiger charge is 2.07. The second kappa shape index (κ2) is 14.5. The minimum absolute atomic E-state index is 1.04. The van der Waals surface area contributed by atoms with Crippen molar-refractivity contribution in [1.82, 2.24) is 0 Å². The minimum atomic E-state index is 1.04. The zero-order valence-electron chi connectivity index (χ0n) is 16.9. The minimum Gasteiger partial charge on any atom is -0.106 e. The van der Waals surface area contributed by atoms with Gasteiger partial charge in [-0.15, -0.1) is 13.2 Å².